The van der Waals surface area contributed by atoms with Gasteiger partial charge in [-0.25, -0.2) is 0 Å². The lowest BCUT2D eigenvalue weighted by Gasteiger charge is -2.18. The summed E-state index contributed by atoms with van der Waals surface area (Å²) in [6, 6.07) is 18.0. The van der Waals surface area contributed by atoms with Crippen molar-refractivity contribution < 1.29 is 14.3 Å². The van der Waals surface area contributed by atoms with E-state index in [1.165, 1.54) is 10.4 Å². The Morgan fingerprint density at radius 2 is 1.86 bits per heavy atom. The van der Waals surface area contributed by atoms with E-state index >= 15 is 0 Å². The van der Waals surface area contributed by atoms with Gasteiger partial charge in [0, 0.05) is 23.1 Å². The molecule has 2 aromatic carbocycles. The Morgan fingerprint density at radius 3 is 2.62 bits per heavy atom. The molecule has 1 aliphatic heterocycles. The van der Waals surface area contributed by atoms with Crippen LogP contribution in [-0.2, 0) is 4.79 Å². The van der Waals surface area contributed by atoms with Crippen LogP contribution in [0.3, 0.4) is 0 Å². The van der Waals surface area contributed by atoms with Crippen LogP contribution in [0.2, 0.25) is 0 Å². The lowest BCUT2D eigenvalue weighted by molar-refractivity contribution is -0.115. The zero-order valence-electron chi connectivity index (χ0n) is 16.3. The fraction of sp³-hybridized carbons (Fsp3) is 0.261. The number of ether oxygens (including phenoxy) is 2. The van der Waals surface area contributed by atoms with Gasteiger partial charge in [-0.05, 0) is 36.1 Å². The molecule has 1 amide bonds. The molecule has 0 saturated carbocycles. The van der Waals surface area contributed by atoms with Crippen molar-refractivity contribution in [1.29, 1.82) is 0 Å². The van der Waals surface area contributed by atoms with E-state index in [1.807, 2.05) is 24.3 Å². The highest BCUT2D eigenvalue weighted by Gasteiger charge is 2.17. The van der Waals surface area contributed by atoms with Gasteiger partial charge in [-0.2, -0.15) is 0 Å². The molecule has 29 heavy (non-hydrogen) atoms. The Hall–Kier alpha value is -2.83. The van der Waals surface area contributed by atoms with Gasteiger partial charge in [0.2, 0.25) is 5.91 Å². The van der Waals surface area contributed by atoms with Crippen LogP contribution >= 0.6 is 11.3 Å². The smallest absolute Gasteiger partial charge is 0.238 e. The van der Waals surface area contributed by atoms with Crippen LogP contribution in [0.1, 0.15) is 28.5 Å². The van der Waals surface area contributed by atoms with E-state index in [9.17, 15) is 4.79 Å². The number of hydrogen-bond donors (Lipinski definition) is 2. The Labute approximate surface area is 174 Å². The van der Waals surface area contributed by atoms with Crippen LogP contribution in [0.15, 0.2) is 60.0 Å². The summed E-state index contributed by atoms with van der Waals surface area (Å²) >= 11 is 1.68. The third kappa shape index (κ3) is 4.96. The number of carbonyl (C=O) groups is 1. The van der Waals surface area contributed by atoms with E-state index < -0.39 is 0 Å². The average molecular weight is 409 g/mol. The van der Waals surface area contributed by atoms with Gasteiger partial charge < -0.3 is 14.8 Å². The molecular formula is C23H24N2O3S. The Bertz CT molecular complexity index is 955. The highest BCUT2D eigenvalue weighted by molar-refractivity contribution is 7.10. The first kappa shape index (κ1) is 19.5. The van der Waals surface area contributed by atoms with E-state index in [1.54, 1.807) is 11.3 Å². The second kappa shape index (κ2) is 9.11. The molecule has 5 nitrogen and oxygen atoms in total. The monoisotopic (exact) mass is 408 g/mol. The molecule has 150 valence electrons. The number of anilines is 1. The Kier molecular flexibility index (Phi) is 6.12. The van der Waals surface area contributed by atoms with E-state index in [4.69, 9.17) is 9.47 Å². The minimum absolute atomic E-state index is 0.0230. The zero-order chi connectivity index (χ0) is 20.1. The predicted octanol–water partition coefficient (Wildman–Crippen LogP) is 4.54. The average Bonchev–Trinajstić information content (AvgIpc) is 3.15. The van der Waals surface area contributed by atoms with Crippen LogP contribution in [0.4, 0.5) is 5.69 Å². The molecule has 0 aliphatic carbocycles. The highest BCUT2D eigenvalue weighted by atomic mass is 32.1. The fourth-order valence-electron chi connectivity index (χ4n) is 3.24. The summed E-state index contributed by atoms with van der Waals surface area (Å²) in [5.41, 5.74) is 3.05. The van der Waals surface area contributed by atoms with Crippen LogP contribution in [0, 0.1) is 6.92 Å². The van der Waals surface area contributed by atoms with Gasteiger partial charge in [-0.3, -0.25) is 10.1 Å². The van der Waals surface area contributed by atoms with Crippen molar-refractivity contribution in [3.63, 3.8) is 0 Å². The number of hydrogen-bond acceptors (Lipinski definition) is 5. The van der Waals surface area contributed by atoms with Gasteiger partial charge in [-0.15, -0.1) is 11.3 Å². The van der Waals surface area contributed by atoms with Crippen molar-refractivity contribution in [2.75, 3.05) is 25.1 Å². The highest BCUT2D eigenvalue weighted by Crippen LogP contribution is 2.32. The van der Waals surface area contributed by atoms with E-state index in [0.29, 0.717) is 24.7 Å². The van der Waals surface area contributed by atoms with Gasteiger partial charge in [0.15, 0.2) is 11.5 Å². The molecule has 6 heteroatoms. The summed E-state index contributed by atoms with van der Waals surface area (Å²) in [5, 5.41) is 8.38. The second-order valence-corrected chi connectivity index (χ2v) is 7.98. The number of amides is 1. The Morgan fingerprint density at radius 1 is 1.07 bits per heavy atom. The zero-order valence-corrected chi connectivity index (χ0v) is 17.1. The molecule has 1 aromatic heterocycles. The van der Waals surface area contributed by atoms with Crippen molar-refractivity contribution in [3.8, 4) is 11.5 Å². The van der Waals surface area contributed by atoms with Crippen molar-refractivity contribution in [2.45, 2.75) is 19.4 Å². The first-order valence-corrected chi connectivity index (χ1v) is 10.6. The molecular weight excluding hydrogens is 384 g/mol. The molecule has 4 rings (SSSR count). The second-order valence-electron chi connectivity index (χ2n) is 7.00. The molecule has 1 aliphatic rings. The minimum atomic E-state index is -0.104. The van der Waals surface area contributed by atoms with Crippen molar-refractivity contribution in [3.05, 3.63) is 76.0 Å². The van der Waals surface area contributed by atoms with Crippen molar-refractivity contribution in [1.82, 2.24) is 5.32 Å². The van der Waals surface area contributed by atoms with Gasteiger partial charge in [-0.1, -0.05) is 35.9 Å². The van der Waals surface area contributed by atoms with Crippen LogP contribution in [-0.4, -0.2) is 25.7 Å². The molecule has 2 heterocycles. The fourth-order valence-corrected chi connectivity index (χ4v) is 4.07. The third-order valence-electron chi connectivity index (χ3n) is 4.74. The maximum Gasteiger partial charge on any atom is 0.238 e. The molecule has 0 bridgehead atoms. The summed E-state index contributed by atoms with van der Waals surface area (Å²) in [5.74, 6) is 1.29. The lowest BCUT2D eigenvalue weighted by atomic mass is 10.0. The predicted molar refractivity (Wildman–Crippen MR) is 116 cm³/mol. The van der Waals surface area contributed by atoms with Gasteiger partial charge >= 0.3 is 0 Å². The molecule has 3 aromatic rings. The molecule has 0 saturated heterocycles. The largest absolute Gasteiger partial charge is 0.490 e. The summed E-state index contributed by atoms with van der Waals surface area (Å²) in [4.78, 5) is 13.7. The van der Waals surface area contributed by atoms with Crippen molar-refractivity contribution >= 4 is 22.9 Å². The molecule has 0 fully saturated rings. The molecule has 0 unspecified atom stereocenters. The molecule has 0 radical (unpaired) electrons. The van der Waals surface area contributed by atoms with Crippen LogP contribution in [0.5, 0.6) is 11.5 Å². The van der Waals surface area contributed by atoms with Gasteiger partial charge in [0.1, 0.15) is 0 Å². The molecule has 1 atom stereocenters. The first-order valence-electron chi connectivity index (χ1n) is 9.72. The van der Waals surface area contributed by atoms with Gasteiger partial charge in [0.05, 0.1) is 25.8 Å². The molecule has 0 spiro atoms. The number of aryl methyl sites for hydroxylation is 1. The summed E-state index contributed by atoms with van der Waals surface area (Å²) < 4.78 is 11.3. The van der Waals surface area contributed by atoms with Crippen molar-refractivity contribution in [2.24, 2.45) is 0 Å². The Balaban J connectivity index is 1.42. The number of thiophene rings is 1. The third-order valence-corrected chi connectivity index (χ3v) is 5.67. The maximum atomic E-state index is 12.6. The van der Waals surface area contributed by atoms with E-state index in [-0.39, 0.29) is 18.5 Å². The van der Waals surface area contributed by atoms with Crippen LogP contribution in [0.25, 0.3) is 0 Å². The SMILES string of the molecule is Cc1ccc([C@@H](NCC(=O)Nc2ccc3c(c2)OCCCO3)c2cccs2)cc1. The quantitative estimate of drug-likeness (QED) is 0.629. The van der Waals surface area contributed by atoms with E-state index in [0.717, 1.165) is 17.7 Å². The van der Waals surface area contributed by atoms with Gasteiger partial charge in [0.25, 0.3) is 0 Å². The number of nitrogens with one attached hydrogen (secondary N) is 2. The topological polar surface area (TPSA) is 59.6 Å². The standard InChI is InChI=1S/C23H24N2O3S/c1-16-5-7-17(8-6-16)23(21-4-2-13-29-21)24-15-22(26)25-18-9-10-19-20(14-18)28-12-3-11-27-19/h2,4-10,13-14,23-24H,3,11-12,15H2,1H3,(H,25,26)/t23-/m1/s1. The number of rotatable bonds is 6. The van der Waals surface area contributed by atoms with Crippen LogP contribution < -0.4 is 20.1 Å². The summed E-state index contributed by atoms with van der Waals surface area (Å²) in [6.07, 6.45) is 0.851. The minimum Gasteiger partial charge on any atom is -0.490 e. The molecule has 2 N–H and O–H groups in total. The van der Waals surface area contributed by atoms with E-state index in [2.05, 4.69) is 53.3 Å². The summed E-state index contributed by atoms with van der Waals surface area (Å²) in [7, 11) is 0. The summed E-state index contributed by atoms with van der Waals surface area (Å²) in [6.45, 7) is 3.53. The number of carbonyl (C=O) groups excluding carboxylic acids is 1. The maximum absolute atomic E-state index is 12.6. The lowest BCUT2D eigenvalue weighted by Crippen LogP contribution is -2.31. The first-order chi connectivity index (χ1) is 14.2. The number of benzene rings is 2. The normalized spacial score (nSPS) is 14.1. The number of fused-ring (bicyclic) bond motifs is 1.